The van der Waals surface area contributed by atoms with Gasteiger partial charge in [0.15, 0.2) is 0 Å². The van der Waals surface area contributed by atoms with E-state index in [1.807, 2.05) is 12.5 Å². The second-order valence-corrected chi connectivity index (χ2v) is 4.74. The predicted octanol–water partition coefficient (Wildman–Crippen LogP) is 1.11. The summed E-state index contributed by atoms with van der Waals surface area (Å²) in [6.07, 6.45) is 4.60. The van der Waals surface area contributed by atoms with Gasteiger partial charge in [0.05, 0.1) is 18.1 Å². The first-order valence-corrected chi connectivity index (χ1v) is 6.10. The SMILES string of the molecule is CCn1cncc1CN1CCC(O)C(C)C1. The lowest BCUT2D eigenvalue weighted by Gasteiger charge is -2.34. The van der Waals surface area contributed by atoms with E-state index in [9.17, 15) is 5.11 Å². The van der Waals surface area contributed by atoms with Crippen molar-refractivity contribution in [2.24, 2.45) is 5.92 Å². The lowest BCUT2D eigenvalue weighted by molar-refractivity contribution is 0.0312. The summed E-state index contributed by atoms with van der Waals surface area (Å²) in [5.74, 6) is 0.381. The number of aliphatic hydroxyl groups excluding tert-OH is 1. The van der Waals surface area contributed by atoms with Crippen LogP contribution in [0, 0.1) is 5.92 Å². The van der Waals surface area contributed by atoms with Gasteiger partial charge in [-0.25, -0.2) is 4.98 Å². The van der Waals surface area contributed by atoms with Crippen molar-refractivity contribution in [3.63, 3.8) is 0 Å². The predicted molar refractivity (Wildman–Crippen MR) is 63.0 cm³/mol. The maximum atomic E-state index is 9.68. The summed E-state index contributed by atoms with van der Waals surface area (Å²) in [6, 6.07) is 0. The van der Waals surface area contributed by atoms with Crippen LogP contribution in [0.5, 0.6) is 0 Å². The minimum atomic E-state index is -0.118. The zero-order valence-electron chi connectivity index (χ0n) is 10.1. The molecule has 0 saturated carbocycles. The van der Waals surface area contributed by atoms with E-state index >= 15 is 0 Å². The Kier molecular flexibility index (Phi) is 3.61. The standard InChI is InChI=1S/C12H21N3O/c1-3-15-9-13-6-11(15)8-14-5-4-12(16)10(2)7-14/h6,9-10,12,16H,3-5,7-8H2,1-2H3. The van der Waals surface area contributed by atoms with Gasteiger partial charge in [0.1, 0.15) is 0 Å². The molecule has 0 aliphatic carbocycles. The van der Waals surface area contributed by atoms with Gasteiger partial charge in [-0.1, -0.05) is 6.92 Å². The number of aliphatic hydroxyl groups is 1. The first kappa shape index (κ1) is 11.6. The van der Waals surface area contributed by atoms with Crippen LogP contribution in [0.25, 0.3) is 0 Å². The average molecular weight is 223 g/mol. The number of nitrogens with zero attached hydrogens (tertiary/aromatic N) is 3. The van der Waals surface area contributed by atoms with Gasteiger partial charge in [-0.15, -0.1) is 0 Å². The molecule has 0 aromatic carbocycles. The summed E-state index contributed by atoms with van der Waals surface area (Å²) < 4.78 is 2.18. The maximum Gasteiger partial charge on any atom is 0.0948 e. The number of hydrogen-bond acceptors (Lipinski definition) is 3. The third-order valence-corrected chi connectivity index (χ3v) is 3.47. The molecule has 2 heterocycles. The van der Waals surface area contributed by atoms with E-state index in [1.54, 1.807) is 0 Å². The average Bonchev–Trinajstić information content (AvgIpc) is 2.71. The molecule has 0 amide bonds. The first-order chi connectivity index (χ1) is 7.70. The van der Waals surface area contributed by atoms with Crippen LogP contribution in [0.3, 0.4) is 0 Å². The molecule has 16 heavy (non-hydrogen) atoms. The number of rotatable bonds is 3. The normalized spacial score (nSPS) is 27.2. The second kappa shape index (κ2) is 4.97. The highest BCUT2D eigenvalue weighted by Gasteiger charge is 2.24. The molecule has 1 aliphatic heterocycles. The van der Waals surface area contributed by atoms with Gasteiger partial charge in [0.2, 0.25) is 0 Å². The Morgan fingerprint density at radius 1 is 1.56 bits per heavy atom. The van der Waals surface area contributed by atoms with Crippen molar-refractivity contribution in [3.8, 4) is 0 Å². The first-order valence-electron chi connectivity index (χ1n) is 6.10. The number of aryl methyl sites for hydroxylation is 1. The molecule has 90 valence electrons. The van der Waals surface area contributed by atoms with Gasteiger partial charge < -0.3 is 9.67 Å². The number of hydrogen-bond donors (Lipinski definition) is 1. The number of imidazole rings is 1. The summed E-state index contributed by atoms with van der Waals surface area (Å²) in [5.41, 5.74) is 1.27. The molecule has 1 aliphatic rings. The molecule has 2 atom stereocenters. The molecule has 2 unspecified atom stereocenters. The van der Waals surface area contributed by atoms with Crippen LogP contribution in [-0.4, -0.2) is 38.8 Å². The molecular formula is C12H21N3O. The van der Waals surface area contributed by atoms with E-state index in [2.05, 4.69) is 28.3 Å². The smallest absolute Gasteiger partial charge is 0.0948 e. The highest BCUT2D eigenvalue weighted by Crippen LogP contribution is 2.18. The van der Waals surface area contributed by atoms with Crippen LogP contribution in [0.15, 0.2) is 12.5 Å². The Hall–Kier alpha value is -0.870. The van der Waals surface area contributed by atoms with Crippen molar-refractivity contribution in [1.82, 2.24) is 14.5 Å². The van der Waals surface area contributed by atoms with E-state index in [4.69, 9.17) is 0 Å². The molecule has 4 heteroatoms. The molecule has 1 saturated heterocycles. The molecule has 0 bridgehead atoms. The van der Waals surface area contributed by atoms with Crippen LogP contribution in [0.2, 0.25) is 0 Å². The monoisotopic (exact) mass is 223 g/mol. The van der Waals surface area contributed by atoms with Crippen molar-refractivity contribution >= 4 is 0 Å². The lowest BCUT2D eigenvalue weighted by atomic mass is 9.97. The molecule has 1 aromatic heterocycles. The third-order valence-electron chi connectivity index (χ3n) is 3.47. The molecule has 0 spiro atoms. The van der Waals surface area contributed by atoms with Crippen LogP contribution < -0.4 is 0 Å². The summed E-state index contributed by atoms with van der Waals surface area (Å²) in [7, 11) is 0. The Balaban J connectivity index is 1.95. The summed E-state index contributed by atoms with van der Waals surface area (Å²) in [5, 5.41) is 9.68. The quantitative estimate of drug-likeness (QED) is 0.834. The Morgan fingerprint density at radius 3 is 3.06 bits per heavy atom. The number of likely N-dealkylation sites (tertiary alicyclic amines) is 1. The molecule has 4 nitrogen and oxygen atoms in total. The Labute approximate surface area is 96.9 Å². The summed E-state index contributed by atoms with van der Waals surface area (Å²) in [4.78, 5) is 6.58. The van der Waals surface area contributed by atoms with Crippen molar-refractivity contribution in [3.05, 3.63) is 18.2 Å². The minimum Gasteiger partial charge on any atom is -0.393 e. The molecule has 1 aromatic rings. The lowest BCUT2D eigenvalue weighted by Crippen LogP contribution is -2.41. The van der Waals surface area contributed by atoms with Gasteiger partial charge in [-0.05, 0) is 19.3 Å². The van der Waals surface area contributed by atoms with Crippen LogP contribution >= 0.6 is 0 Å². The highest BCUT2D eigenvalue weighted by molar-refractivity contribution is 4.98. The van der Waals surface area contributed by atoms with E-state index in [1.165, 1.54) is 5.69 Å². The van der Waals surface area contributed by atoms with E-state index in [-0.39, 0.29) is 6.10 Å². The third kappa shape index (κ3) is 2.44. The van der Waals surface area contributed by atoms with Crippen molar-refractivity contribution in [2.75, 3.05) is 13.1 Å². The van der Waals surface area contributed by atoms with E-state index in [0.717, 1.165) is 32.6 Å². The fraction of sp³-hybridized carbons (Fsp3) is 0.750. The van der Waals surface area contributed by atoms with Crippen LogP contribution in [-0.2, 0) is 13.1 Å². The zero-order chi connectivity index (χ0) is 11.5. The molecular weight excluding hydrogens is 202 g/mol. The molecule has 2 rings (SSSR count). The van der Waals surface area contributed by atoms with E-state index in [0.29, 0.717) is 5.92 Å². The Morgan fingerprint density at radius 2 is 2.38 bits per heavy atom. The van der Waals surface area contributed by atoms with Gasteiger partial charge in [-0.2, -0.15) is 0 Å². The summed E-state index contributed by atoms with van der Waals surface area (Å²) in [6.45, 7) is 8.14. The largest absolute Gasteiger partial charge is 0.393 e. The van der Waals surface area contributed by atoms with Crippen molar-refractivity contribution in [2.45, 2.75) is 39.5 Å². The molecule has 0 radical (unpaired) electrons. The van der Waals surface area contributed by atoms with Gasteiger partial charge >= 0.3 is 0 Å². The van der Waals surface area contributed by atoms with E-state index < -0.39 is 0 Å². The van der Waals surface area contributed by atoms with Gasteiger partial charge in [-0.3, -0.25) is 4.90 Å². The maximum absolute atomic E-state index is 9.68. The molecule has 1 N–H and O–H groups in total. The number of aromatic nitrogens is 2. The summed E-state index contributed by atoms with van der Waals surface area (Å²) >= 11 is 0. The minimum absolute atomic E-state index is 0.118. The fourth-order valence-electron chi connectivity index (χ4n) is 2.36. The zero-order valence-corrected chi connectivity index (χ0v) is 10.1. The van der Waals surface area contributed by atoms with Gasteiger partial charge in [0.25, 0.3) is 0 Å². The highest BCUT2D eigenvalue weighted by atomic mass is 16.3. The van der Waals surface area contributed by atoms with Crippen LogP contribution in [0.1, 0.15) is 26.0 Å². The topological polar surface area (TPSA) is 41.3 Å². The number of piperidine rings is 1. The molecule has 1 fully saturated rings. The second-order valence-electron chi connectivity index (χ2n) is 4.74. The Bertz CT molecular complexity index is 337. The van der Waals surface area contributed by atoms with Gasteiger partial charge in [0, 0.05) is 32.4 Å². The van der Waals surface area contributed by atoms with Crippen molar-refractivity contribution < 1.29 is 5.11 Å². The van der Waals surface area contributed by atoms with Crippen LogP contribution in [0.4, 0.5) is 0 Å². The van der Waals surface area contributed by atoms with Crippen molar-refractivity contribution in [1.29, 1.82) is 0 Å². The fourth-order valence-corrected chi connectivity index (χ4v) is 2.36.